The van der Waals surface area contributed by atoms with E-state index in [1.165, 1.54) is 24.4 Å². The van der Waals surface area contributed by atoms with Gasteiger partial charge in [-0.3, -0.25) is 4.79 Å². The van der Waals surface area contributed by atoms with Crippen molar-refractivity contribution in [3.05, 3.63) is 10.6 Å². The highest BCUT2D eigenvalue weighted by molar-refractivity contribution is 9.09. The zero-order chi connectivity index (χ0) is 13.7. The van der Waals surface area contributed by atoms with E-state index in [9.17, 15) is 4.79 Å². The van der Waals surface area contributed by atoms with Gasteiger partial charge in [0, 0.05) is 17.9 Å². The molecule has 6 heteroatoms. The maximum Gasteiger partial charge on any atom is 0.267 e. The molecule has 1 amide bonds. The summed E-state index contributed by atoms with van der Waals surface area (Å²) in [5, 5.41) is 4.93. The Morgan fingerprint density at radius 3 is 2.84 bits per heavy atom. The topological polar surface area (TPSA) is 46.1 Å². The Kier molecular flexibility index (Phi) is 5.76. The van der Waals surface area contributed by atoms with Crippen LogP contribution >= 0.6 is 27.5 Å². The summed E-state index contributed by atoms with van der Waals surface area (Å²) in [5.74, 6) is 0.129. The van der Waals surface area contributed by atoms with Crippen LogP contribution in [0, 0.1) is 0 Å². The molecule has 0 bridgehead atoms. The number of amides is 1. The molecule has 106 valence electrons. The molecule has 0 N–H and O–H groups in total. The van der Waals surface area contributed by atoms with Crippen molar-refractivity contribution in [1.82, 2.24) is 14.5 Å². The third-order valence-corrected chi connectivity index (χ3v) is 4.70. The van der Waals surface area contributed by atoms with Crippen LogP contribution in [0.15, 0.2) is 0 Å². The molecule has 1 fully saturated rings. The quantitative estimate of drug-likeness (QED) is 0.743. The van der Waals surface area contributed by atoms with Gasteiger partial charge in [-0.05, 0) is 30.8 Å². The molecular weight excluding hydrogens is 326 g/mol. The predicted octanol–water partition coefficient (Wildman–Crippen LogP) is 3.27. The minimum absolute atomic E-state index is 0.129. The first-order valence-corrected chi connectivity index (χ1v) is 8.85. The Morgan fingerprint density at radius 1 is 1.47 bits per heavy atom. The summed E-state index contributed by atoms with van der Waals surface area (Å²) in [4.78, 5) is 15.5. The number of aromatic nitrogens is 2. The van der Waals surface area contributed by atoms with Crippen LogP contribution in [0.25, 0.3) is 0 Å². The van der Waals surface area contributed by atoms with Crippen molar-refractivity contribution in [2.75, 3.05) is 11.9 Å². The summed E-state index contributed by atoms with van der Waals surface area (Å²) in [6.07, 6.45) is 6.57. The van der Waals surface area contributed by atoms with Crippen molar-refractivity contribution in [2.45, 2.75) is 51.5 Å². The third kappa shape index (κ3) is 3.54. The average molecular weight is 346 g/mol. The van der Waals surface area contributed by atoms with E-state index in [-0.39, 0.29) is 5.91 Å². The average Bonchev–Trinajstić information content (AvgIpc) is 3.06. The molecule has 1 aliphatic rings. The second-order valence-corrected chi connectivity index (χ2v) is 6.47. The van der Waals surface area contributed by atoms with Crippen LogP contribution < -0.4 is 0 Å². The number of carbonyl (C=O) groups is 1. The van der Waals surface area contributed by atoms with E-state index in [4.69, 9.17) is 0 Å². The lowest BCUT2D eigenvalue weighted by Crippen LogP contribution is -2.40. The first kappa shape index (κ1) is 14.9. The number of halogens is 1. The van der Waals surface area contributed by atoms with E-state index in [2.05, 4.69) is 32.4 Å². The molecule has 0 atom stereocenters. The summed E-state index contributed by atoms with van der Waals surface area (Å²) in [5.41, 5.74) is 0.870. The molecule has 1 aromatic rings. The molecule has 0 aromatic carbocycles. The van der Waals surface area contributed by atoms with Gasteiger partial charge in [0.15, 0.2) is 0 Å². The molecule has 2 rings (SSSR count). The van der Waals surface area contributed by atoms with E-state index in [1.54, 1.807) is 0 Å². The Balaban J connectivity index is 2.15. The van der Waals surface area contributed by atoms with Gasteiger partial charge in [0.1, 0.15) is 4.88 Å². The van der Waals surface area contributed by atoms with Crippen molar-refractivity contribution in [2.24, 2.45) is 0 Å². The Bertz CT molecular complexity index is 418. The first-order chi connectivity index (χ1) is 9.27. The van der Waals surface area contributed by atoms with Gasteiger partial charge in [0.05, 0.1) is 5.69 Å². The lowest BCUT2D eigenvalue weighted by Gasteiger charge is -2.28. The van der Waals surface area contributed by atoms with Crippen molar-refractivity contribution >= 4 is 33.4 Å². The largest absolute Gasteiger partial charge is 0.334 e. The van der Waals surface area contributed by atoms with Crippen LogP contribution in [0.5, 0.6) is 0 Å². The summed E-state index contributed by atoms with van der Waals surface area (Å²) in [7, 11) is 0. The van der Waals surface area contributed by atoms with E-state index < -0.39 is 0 Å². The number of hydrogen-bond acceptors (Lipinski definition) is 4. The highest BCUT2D eigenvalue weighted by Gasteiger charge is 2.29. The zero-order valence-corrected chi connectivity index (χ0v) is 13.7. The zero-order valence-electron chi connectivity index (χ0n) is 11.3. The number of alkyl halides is 1. The number of aryl methyl sites for hydroxylation is 1. The normalized spacial score (nSPS) is 15.9. The molecule has 1 aliphatic carbocycles. The minimum Gasteiger partial charge on any atom is -0.334 e. The van der Waals surface area contributed by atoms with Crippen LogP contribution in [0.1, 0.15) is 54.4 Å². The van der Waals surface area contributed by atoms with Gasteiger partial charge in [0.25, 0.3) is 5.91 Å². The second-order valence-electron chi connectivity index (χ2n) is 4.92. The van der Waals surface area contributed by atoms with Crippen molar-refractivity contribution in [3.63, 3.8) is 0 Å². The van der Waals surface area contributed by atoms with Gasteiger partial charge < -0.3 is 4.90 Å². The van der Waals surface area contributed by atoms with Gasteiger partial charge in [0.2, 0.25) is 0 Å². The van der Waals surface area contributed by atoms with Gasteiger partial charge in [-0.15, -0.1) is 5.10 Å². The molecule has 0 unspecified atom stereocenters. The van der Waals surface area contributed by atoms with Crippen LogP contribution in [-0.4, -0.2) is 38.3 Å². The summed E-state index contributed by atoms with van der Waals surface area (Å²) in [6.45, 7) is 2.87. The molecule has 1 saturated carbocycles. The van der Waals surface area contributed by atoms with Crippen LogP contribution in [0.4, 0.5) is 0 Å². The number of nitrogens with zero attached hydrogens (tertiary/aromatic N) is 3. The molecule has 1 aromatic heterocycles. The number of hydrogen-bond donors (Lipinski definition) is 0. The van der Waals surface area contributed by atoms with Crippen LogP contribution in [0.3, 0.4) is 0 Å². The predicted molar refractivity (Wildman–Crippen MR) is 81.0 cm³/mol. The highest BCUT2D eigenvalue weighted by atomic mass is 79.9. The Hall–Kier alpha value is -0.490. The van der Waals surface area contributed by atoms with E-state index in [0.29, 0.717) is 6.04 Å². The number of carbonyl (C=O) groups excluding carboxylic acids is 1. The Labute approximate surface area is 126 Å². The monoisotopic (exact) mass is 345 g/mol. The SMILES string of the molecule is CCCc1nnsc1C(=O)N(CCBr)C1CCCC1. The van der Waals surface area contributed by atoms with E-state index >= 15 is 0 Å². The molecule has 19 heavy (non-hydrogen) atoms. The molecular formula is C13H20BrN3OS. The number of rotatable bonds is 6. The van der Waals surface area contributed by atoms with Crippen molar-refractivity contribution < 1.29 is 4.79 Å². The van der Waals surface area contributed by atoms with Crippen molar-refractivity contribution in [3.8, 4) is 0 Å². The fourth-order valence-corrected chi connectivity index (χ4v) is 3.71. The molecule has 0 spiro atoms. The smallest absolute Gasteiger partial charge is 0.267 e. The summed E-state index contributed by atoms with van der Waals surface area (Å²) >= 11 is 4.70. The molecule has 4 nitrogen and oxygen atoms in total. The van der Waals surface area contributed by atoms with Gasteiger partial charge in [-0.25, -0.2) is 0 Å². The molecule has 0 radical (unpaired) electrons. The van der Waals surface area contributed by atoms with Crippen LogP contribution in [-0.2, 0) is 6.42 Å². The maximum atomic E-state index is 12.7. The third-order valence-electron chi connectivity index (χ3n) is 3.59. The van der Waals surface area contributed by atoms with E-state index in [0.717, 1.165) is 48.1 Å². The summed E-state index contributed by atoms with van der Waals surface area (Å²) < 4.78 is 3.96. The van der Waals surface area contributed by atoms with Crippen LogP contribution in [0.2, 0.25) is 0 Å². The van der Waals surface area contributed by atoms with E-state index in [1.807, 2.05) is 4.90 Å². The second kappa shape index (κ2) is 7.33. The maximum absolute atomic E-state index is 12.7. The fourth-order valence-electron chi connectivity index (χ4n) is 2.66. The highest BCUT2D eigenvalue weighted by Crippen LogP contribution is 2.26. The lowest BCUT2D eigenvalue weighted by atomic mass is 10.1. The molecule has 1 heterocycles. The van der Waals surface area contributed by atoms with Crippen molar-refractivity contribution in [1.29, 1.82) is 0 Å². The first-order valence-electron chi connectivity index (χ1n) is 6.96. The van der Waals surface area contributed by atoms with Gasteiger partial charge in [-0.2, -0.15) is 0 Å². The van der Waals surface area contributed by atoms with Gasteiger partial charge >= 0.3 is 0 Å². The Morgan fingerprint density at radius 2 is 2.21 bits per heavy atom. The molecule has 0 aliphatic heterocycles. The minimum atomic E-state index is 0.129. The standard InChI is InChI=1S/C13H20BrN3OS/c1-2-5-11-12(19-16-15-11)13(18)17(9-8-14)10-6-3-4-7-10/h10H,2-9H2,1H3. The van der Waals surface area contributed by atoms with Gasteiger partial charge in [-0.1, -0.05) is 46.6 Å². The summed E-state index contributed by atoms with van der Waals surface area (Å²) in [6, 6.07) is 0.404. The fraction of sp³-hybridized carbons (Fsp3) is 0.769. The molecule has 0 saturated heterocycles. The lowest BCUT2D eigenvalue weighted by molar-refractivity contribution is 0.0700.